The Kier molecular flexibility index (Phi) is 2.22. The van der Waals surface area contributed by atoms with Gasteiger partial charge in [0.05, 0.1) is 24.6 Å². The predicted octanol–water partition coefficient (Wildman–Crippen LogP) is 1.98. The molecule has 98 valence electrons. The SMILES string of the molecule is O=C1[C@@H]2[C@H](C(=O)N1Cc1ccco1)[C@@H]1C=C[C@H]2CC1. The second-order valence-electron chi connectivity index (χ2n) is 5.68. The molecule has 5 rings (SSSR count). The van der Waals surface area contributed by atoms with Crippen LogP contribution in [0.15, 0.2) is 35.0 Å². The van der Waals surface area contributed by atoms with Crippen molar-refractivity contribution in [3.8, 4) is 0 Å². The van der Waals surface area contributed by atoms with Crippen molar-refractivity contribution >= 4 is 11.8 Å². The zero-order valence-corrected chi connectivity index (χ0v) is 10.5. The van der Waals surface area contributed by atoms with Crippen LogP contribution in [0.5, 0.6) is 0 Å². The number of rotatable bonds is 2. The minimum Gasteiger partial charge on any atom is -0.467 e. The van der Waals surface area contributed by atoms with E-state index in [9.17, 15) is 9.59 Å². The van der Waals surface area contributed by atoms with E-state index >= 15 is 0 Å². The van der Waals surface area contributed by atoms with E-state index in [1.54, 1.807) is 18.4 Å². The first-order chi connectivity index (χ1) is 9.25. The molecule has 2 heterocycles. The van der Waals surface area contributed by atoms with Crippen molar-refractivity contribution in [3.63, 3.8) is 0 Å². The van der Waals surface area contributed by atoms with Gasteiger partial charge in [0.2, 0.25) is 11.8 Å². The van der Waals surface area contributed by atoms with Crippen LogP contribution < -0.4 is 0 Å². The van der Waals surface area contributed by atoms with E-state index in [2.05, 4.69) is 12.2 Å². The third-order valence-corrected chi connectivity index (χ3v) is 4.74. The molecule has 0 N–H and O–H groups in total. The summed E-state index contributed by atoms with van der Waals surface area (Å²) in [4.78, 5) is 26.4. The lowest BCUT2D eigenvalue weighted by molar-refractivity contribution is -0.141. The van der Waals surface area contributed by atoms with Crippen LogP contribution in [0.2, 0.25) is 0 Å². The van der Waals surface area contributed by atoms with Crippen LogP contribution in [0, 0.1) is 23.7 Å². The smallest absolute Gasteiger partial charge is 0.234 e. The third-order valence-electron chi connectivity index (χ3n) is 4.74. The summed E-state index contributed by atoms with van der Waals surface area (Å²) in [5, 5.41) is 0. The first-order valence-corrected chi connectivity index (χ1v) is 6.81. The van der Waals surface area contributed by atoms with Gasteiger partial charge in [0, 0.05) is 0 Å². The quantitative estimate of drug-likeness (QED) is 0.601. The summed E-state index contributed by atoms with van der Waals surface area (Å²) in [5.74, 6) is 0.926. The Morgan fingerprint density at radius 2 is 1.74 bits per heavy atom. The summed E-state index contributed by atoms with van der Waals surface area (Å²) in [5.41, 5.74) is 0. The van der Waals surface area contributed by atoms with Crippen LogP contribution in [0.3, 0.4) is 0 Å². The van der Waals surface area contributed by atoms with Gasteiger partial charge in [0.25, 0.3) is 0 Å². The van der Waals surface area contributed by atoms with Crippen molar-refractivity contribution in [2.45, 2.75) is 19.4 Å². The van der Waals surface area contributed by atoms with Gasteiger partial charge < -0.3 is 4.42 Å². The molecule has 1 aromatic rings. The van der Waals surface area contributed by atoms with Crippen LogP contribution in [-0.4, -0.2) is 16.7 Å². The van der Waals surface area contributed by atoms with E-state index in [-0.39, 0.29) is 42.0 Å². The number of amides is 2. The molecule has 4 nitrogen and oxygen atoms in total. The highest BCUT2D eigenvalue weighted by molar-refractivity contribution is 6.05. The molecule has 0 spiro atoms. The van der Waals surface area contributed by atoms with Gasteiger partial charge in [-0.1, -0.05) is 12.2 Å². The summed E-state index contributed by atoms with van der Waals surface area (Å²) in [6.45, 7) is 0.275. The Balaban J connectivity index is 1.66. The molecule has 4 heteroatoms. The summed E-state index contributed by atoms with van der Waals surface area (Å²) >= 11 is 0. The lowest BCUT2D eigenvalue weighted by Gasteiger charge is -2.38. The summed E-state index contributed by atoms with van der Waals surface area (Å²) in [6.07, 6.45) is 7.92. The molecule has 19 heavy (non-hydrogen) atoms. The predicted molar refractivity (Wildman–Crippen MR) is 66.6 cm³/mol. The molecule has 0 aromatic carbocycles. The van der Waals surface area contributed by atoms with Crippen molar-refractivity contribution < 1.29 is 14.0 Å². The number of hydrogen-bond donors (Lipinski definition) is 0. The van der Waals surface area contributed by atoms with Crippen LogP contribution in [-0.2, 0) is 16.1 Å². The molecule has 1 saturated heterocycles. The van der Waals surface area contributed by atoms with Gasteiger partial charge >= 0.3 is 0 Å². The average Bonchev–Trinajstić information content (AvgIpc) is 3.04. The van der Waals surface area contributed by atoms with E-state index in [1.165, 1.54) is 4.90 Å². The summed E-state index contributed by atoms with van der Waals surface area (Å²) in [7, 11) is 0. The zero-order valence-electron chi connectivity index (χ0n) is 10.5. The van der Waals surface area contributed by atoms with Gasteiger partial charge in [0.1, 0.15) is 5.76 Å². The van der Waals surface area contributed by atoms with Crippen molar-refractivity contribution in [2.24, 2.45) is 23.7 Å². The van der Waals surface area contributed by atoms with Crippen molar-refractivity contribution in [3.05, 3.63) is 36.3 Å². The normalized spacial score (nSPS) is 36.1. The standard InChI is InChI=1S/C15H15NO3/c17-14-12-9-3-4-10(6-5-9)13(12)15(18)16(14)8-11-2-1-7-19-11/h1-4,7,9-10,12-13H,5-6,8H2/t9-,10+,12-,13+. The number of hydrogen-bond acceptors (Lipinski definition) is 3. The minimum absolute atomic E-state index is 0.00884. The van der Waals surface area contributed by atoms with E-state index in [0.717, 1.165) is 12.8 Å². The van der Waals surface area contributed by atoms with Crippen LogP contribution in [0.25, 0.3) is 0 Å². The molecular weight excluding hydrogens is 242 g/mol. The van der Waals surface area contributed by atoms with Crippen LogP contribution in [0.4, 0.5) is 0 Å². The lowest BCUT2D eigenvalue weighted by Crippen LogP contribution is -2.38. The first kappa shape index (κ1) is 11.0. The van der Waals surface area contributed by atoms with Crippen molar-refractivity contribution in [1.82, 2.24) is 4.90 Å². The van der Waals surface area contributed by atoms with E-state index < -0.39 is 0 Å². The fraction of sp³-hybridized carbons (Fsp3) is 0.467. The Morgan fingerprint density at radius 1 is 1.11 bits per heavy atom. The molecule has 4 aliphatic rings. The molecule has 1 saturated carbocycles. The number of imide groups is 1. The topological polar surface area (TPSA) is 50.5 Å². The van der Waals surface area contributed by atoms with Gasteiger partial charge in [-0.05, 0) is 36.8 Å². The van der Waals surface area contributed by atoms with Crippen molar-refractivity contribution in [2.75, 3.05) is 0 Å². The number of fused-ring (bicyclic) bond motifs is 1. The maximum absolute atomic E-state index is 12.5. The molecule has 1 aliphatic heterocycles. The Bertz CT molecular complexity index is 528. The summed E-state index contributed by atoms with van der Waals surface area (Å²) in [6, 6.07) is 3.58. The highest BCUT2D eigenvalue weighted by Crippen LogP contribution is 2.49. The van der Waals surface area contributed by atoms with E-state index in [0.29, 0.717) is 5.76 Å². The van der Waals surface area contributed by atoms with Gasteiger partial charge in [-0.3, -0.25) is 14.5 Å². The molecular formula is C15H15NO3. The minimum atomic E-state index is -0.119. The fourth-order valence-electron chi connectivity index (χ4n) is 3.85. The molecule has 3 aliphatic carbocycles. The first-order valence-electron chi connectivity index (χ1n) is 6.81. The fourth-order valence-corrected chi connectivity index (χ4v) is 3.85. The molecule has 2 amide bonds. The molecule has 2 fully saturated rings. The van der Waals surface area contributed by atoms with Gasteiger partial charge in [-0.2, -0.15) is 0 Å². The molecule has 0 radical (unpaired) electrons. The number of nitrogens with zero attached hydrogens (tertiary/aromatic N) is 1. The monoisotopic (exact) mass is 257 g/mol. The maximum atomic E-state index is 12.5. The van der Waals surface area contributed by atoms with Gasteiger partial charge in [-0.15, -0.1) is 0 Å². The Hall–Kier alpha value is -1.84. The largest absolute Gasteiger partial charge is 0.467 e. The van der Waals surface area contributed by atoms with E-state index in [4.69, 9.17) is 4.42 Å². The van der Waals surface area contributed by atoms with Crippen LogP contribution in [0.1, 0.15) is 18.6 Å². The third kappa shape index (κ3) is 1.46. The maximum Gasteiger partial charge on any atom is 0.234 e. The van der Waals surface area contributed by atoms with E-state index in [1.807, 2.05) is 0 Å². The second kappa shape index (κ2) is 3.83. The number of likely N-dealkylation sites (tertiary alicyclic amines) is 1. The highest BCUT2D eigenvalue weighted by Gasteiger charge is 2.56. The highest BCUT2D eigenvalue weighted by atomic mass is 16.3. The van der Waals surface area contributed by atoms with Crippen LogP contribution >= 0.6 is 0 Å². The number of carbonyl (C=O) groups is 2. The Morgan fingerprint density at radius 3 is 2.21 bits per heavy atom. The molecule has 2 bridgehead atoms. The second-order valence-corrected chi connectivity index (χ2v) is 5.68. The molecule has 0 unspecified atom stereocenters. The van der Waals surface area contributed by atoms with Gasteiger partial charge in [0.15, 0.2) is 0 Å². The summed E-state index contributed by atoms with van der Waals surface area (Å²) < 4.78 is 5.25. The van der Waals surface area contributed by atoms with Crippen molar-refractivity contribution in [1.29, 1.82) is 0 Å². The molecule has 1 aromatic heterocycles. The number of allylic oxidation sites excluding steroid dienone is 2. The Labute approximate surface area is 111 Å². The zero-order chi connectivity index (χ0) is 13.0. The van der Waals surface area contributed by atoms with Gasteiger partial charge in [-0.25, -0.2) is 0 Å². The number of carbonyl (C=O) groups excluding carboxylic acids is 2. The lowest BCUT2D eigenvalue weighted by atomic mass is 9.63. The number of furan rings is 1. The molecule has 4 atom stereocenters. The average molecular weight is 257 g/mol.